The number of hydrogen-bond donors (Lipinski definition) is 0. The van der Waals surface area contributed by atoms with Crippen LogP contribution in [-0.2, 0) is 14.3 Å². The van der Waals surface area contributed by atoms with Crippen LogP contribution >= 0.6 is 0 Å². The molecule has 1 heterocycles. The zero-order valence-electron chi connectivity index (χ0n) is 11.3. The Hall–Kier alpha value is -1.71. The number of amides is 1. The van der Waals surface area contributed by atoms with E-state index in [4.69, 9.17) is 9.47 Å². The molecule has 1 fully saturated rings. The van der Waals surface area contributed by atoms with Crippen molar-refractivity contribution in [1.82, 2.24) is 4.90 Å². The molecule has 0 aromatic rings. The first-order valence-electron chi connectivity index (χ1n) is 5.98. The quantitative estimate of drug-likeness (QED) is 0.554. The Morgan fingerprint density at radius 3 is 2.78 bits per heavy atom. The van der Waals surface area contributed by atoms with E-state index in [1.807, 2.05) is 32.2 Å². The summed E-state index contributed by atoms with van der Waals surface area (Å²) in [6, 6.07) is 0. The fraction of sp³-hybridized carbons (Fsp3) is 0.500. The van der Waals surface area contributed by atoms with Crippen LogP contribution in [0.25, 0.3) is 0 Å². The van der Waals surface area contributed by atoms with Gasteiger partial charge in [-0.15, -0.1) is 0 Å². The van der Waals surface area contributed by atoms with Crippen molar-refractivity contribution < 1.29 is 14.3 Å². The van der Waals surface area contributed by atoms with Gasteiger partial charge in [0.25, 0.3) is 5.91 Å². The van der Waals surface area contributed by atoms with Crippen molar-refractivity contribution >= 4 is 5.91 Å². The number of hydrogen-bond acceptors (Lipinski definition) is 3. The number of nitrogens with zero attached hydrogens (tertiary/aromatic N) is 1. The van der Waals surface area contributed by atoms with Crippen molar-refractivity contribution in [3.63, 3.8) is 0 Å². The predicted octanol–water partition coefficient (Wildman–Crippen LogP) is 1.86. The molecule has 18 heavy (non-hydrogen) atoms. The molecule has 2 aliphatic rings. The lowest BCUT2D eigenvalue weighted by molar-refractivity contribution is -0.123. The summed E-state index contributed by atoms with van der Waals surface area (Å²) < 4.78 is 10.6. The summed E-state index contributed by atoms with van der Waals surface area (Å²) in [6.07, 6.45) is 6.82. The molecule has 0 N–H and O–H groups in total. The summed E-state index contributed by atoms with van der Waals surface area (Å²) in [5.41, 5.74) is 0.429. The van der Waals surface area contributed by atoms with Gasteiger partial charge in [-0.25, -0.2) is 0 Å². The third-order valence-corrected chi connectivity index (χ3v) is 3.65. The molecule has 0 aromatic heterocycles. The Balaban J connectivity index is 2.52. The first-order chi connectivity index (χ1) is 8.54. The molecule has 4 heteroatoms. The first kappa shape index (κ1) is 12.7. The second-order valence-corrected chi connectivity index (χ2v) is 4.81. The van der Waals surface area contributed by atoms with Gasteiger partial charge in [-0.1, -0.05) is 6.08 Å². The summed E-state index contributed by atoms with van der Waals surface area (Å²) in [5, 5.41) is 0. The second kappa shape index (κ2) is 4.52. The van der Waals surface area contributed by atoms with E-state index < -0.39 is 0 Å². The topological polar surface area (TPSA) is 38.8 Å². The molecule has 0 aromatic carbocycles. The van der Waals surface area contributed by atoms with Crippen molar-refractivity contribution in [3.8, 4) is 0 Å². The Morgan fingerprint density at radius 2 is 2.17 bits per heavy atom. The number of likely N-dealkylation sites (tertiary alicyclic amines) is 1. The van der Waals surface area contributed by atoms with Crippen LogP contribution in [0.1, 0.15) is 13.3 Å². The summed E-state index contributed by atoms with van der Waals surface area (Å²) in [4.78, 5) is 14.0. The molecule has 4 nitrogen and oxygen atoms in total. The van der Waals surface area contributed by atoms with Gasteiger partial charge in [-0.2, -0.15) is 0 Å². The summed E-state index contributed by atoms with van der Waals surface area (Å²) in [5.74, 6) is 1.52. The van der Waals surface area contributed by atoms with Crippen LogP contribution in [0.2, 0.25) is 0 Å². The van der Waals surface area contributed by atoms with Crippen LogP contribution < -0.4 is 0 Å². The Labute approximate surface area is 108 Å². The minimum Gasteiger partial charge on any atom is -0.501 e. The van der Waals surface area contributed by atoms with E-state index in [1.165, 1.54) is 0 Å². The normalized spacial score (nSPS) is 29.7. The fourth-order valence-electron chi connectivity index (χ4n) is 2.76. The summed E-state index contributed by atoms with van der Waals surface area (Å²) >= 11 is 0. The predicted molar refractivity (Wildman–Crippen MR) is 68.6 cm³/mol. The largest absolute Gasteiger partial charge is 0.501 e. The van der Waals surface area contributed by atoms with Gasteiger partial charge in [0.1, 0.15) is 11.5 Å². The van der Waals surface area contributed by atoms with Crippen molar-refractivity contribution in [2.45, 2.75) is 13.3 Å². The lowest BCUT2D eigenvalue weighted by Crippen LogP contribution is -2.26. The van der Waals surface area contributed by atoms with Gasteiger partial charge < -0.3 is 14.4 Å². The SMILES string of the molecule is COC1=C[C@@]2(CC=C1)CN(C)C(=O)/C2=C(\C)OC. The van der Waals surface area contributed by atoms with E-state index >= 15 is 0 Å². The average molecular weight is 249 g/mol. The monoisotopic (exact) mass is 249 g/mol. The van der Waals surface area contributed by atoms with E-state index in [1.54, 1.807) is 19.1 Å². The maximum atomic E-state index is 12.3. The van der Waals surface area contributed by atoms with Gasteiger partial charge >= 0.3 is 0 Å². The number of ether oxygens (including phenoxy) is 2. The van der Waals surface area contributed by atoms with Gasteiger partial charge in [-0.3, -0.25) is 4.79 Å². The number of rotatable bonds is 2. The van der Waals surface area contributed by atoms with Gasteiger partial charge in [0.05, 0.1) is 19.8 Å². The lowest BCUT2D eigenvalue weighted by atomic mass is 9.76. The maximum Gasteiger partial charge on any atom is 0.253 e. The van der Waals surface area contributed by atoms with Gasteiger partial charge in [0.2, 0.25) is 0 Å². The van der Waals surface area contributed by atoms with Crippen LogP contribution in [0, 0.1) is 5.41 Å². The number of carbonyl (C=O) groups excluding carboxylic acids is 1. The number of likely N-dealkylation sites (N-methyl/N-ethyl adjacent to an activating group) is 1. The van der Waals surface area contributed by atoms with E-state index in [9.17, 15) is 4.79 Å². The summed E-state index contributed by atoms with van der Waals surface area (Å²) in [7, 11) is 5.06. The highest BCUT2D eigenvalue weighted by molar-refractivity contribution is 5.98. The zero-order chi connectivity index (χ0) is 13.3. The minimum absolute atomic E-state index is 0.0383. The molecule has 98 valence electrons. The van der Waals surface area contributed by atoms with Gasteiger partial charge in [-0.05, 0) is 25.5 Å². The van der Waals surface area contributed by atoms with Crippen LogP contribution in [0.15, 0.2) is 35.3 Å². The molecule has 1 saturated heterocycles. The highest BCUT2D eigenvalue weighted by atomic mass is 16.5. The lowest BCUT2D eigenvalue weighted by Gasteiger charge is -2.28. The number of allylic oxidation sites excluding steroid dienone is 3. The van der Waals surface area contributed by atoms with Crippen LogP contribution in [0.4, 0.5) is 0 Å². The van der Waals surface area contributed by atoms with E-state index in [-0.39, 0.29) is 11.3 Å². The molecule has 0 radical (unpaired) electrons. The first-order valence-corrected chi connectivity index (χ1v) is 5.98. The van der Waals surface area contributed by atoms with Crippen molar-refractivity contribution in [2.75, 3.05) is 27.8 Å². The minimum atomic E-state index is -0.313. The molecule has 1 spiro atoms. The zero-order valence-corrected chi connectivity index (χ0v) is 11.3. The Morgan fingerprint density at radius 1 is 1.44 bits per heavy atom. The van der Waals surface area contributed by atoms with Crippen molar-refractivity contribution in [1.29, 1.82) is 0 Å². The molecule has 0 unspecified atom stereocenters. The number of carbonyl (C=O) groups is 1. The van der Waals surface area contributed by atoms with E-state index in [0.717, 1.165) is 17.8 Å². The van der Waals surface area contributed by atoms with Crippen LogP contribution in [-0.4, -0.2) is 38.6 Å². The smallest absolute Gasteiger partial charge is 0.253 e. The molecular formula is C14H19NO3. The van der Waals surface area contributed by atoms with Gasteiger partial charge in [0, 0.05) is 19.0 Å². The fourth-order valence-corrected chi connectivity index (χ4v) is 2.76. The third kappa shape index (κ3) is 1.82. The van der Waals surface area contributed by atoms with E-state index in [0.29, 0.717) is 12.3 Å². The average Bonchev–Trinajstić information content (AvgIpc) is 2.60. The molecule has 0 bridgehead atoms. The molecule has 1 aliphatic heterocycles. The van der Waals surface area contributed by atoms with Crippen molar-refractivity contribution in [3.05, 3.63) is 35.3 Å². The molecule has 1 aliphatic carbocycles. The highest BCUT2D eigenvalue weighted by Crippen LogP contribution is 2.45. The third-order valence-electron chi connectivity index (χ3n) is 3.65. The maximum absolute atomic E-state index is 12.3. The van der Waals surface area contributed by atoms with Crippen LogP contribution in [0.5, 0.6) is 0 Å². The molecule has 1 atom stereocenters. The van der Waals surface area contributed by atoms with Crippen LogP contribution in [0.3, 0.4) is 0 Å². The highest BCUT2D eigenvalue weighted by Gasteiger charge is 2.47. The molecule has 0 saturated carbocycles. The second-order valence-electron chi connectivity index (χ2n) is 4.81. The number of methoxy groups -OCH3 is 2. The Kier molecular flexibility index (Phi) is 3.20. The standard InChI is InChI=1S/C14H19NO3/c1-10(17-3)12-13(16)15(2)9-14(12)7-5-6-11(8-14)18-4/h5-6,8H,7,9H2,1-4H3/b12-10-/t14-/m0/s1. The van der Waals surface area contributed by atoms with Gasteiger partial charge in [0.15, 0.2) is 0 Å². The molecule has 1 amide bonds. The molecular weight excluding hydrogens is 230 g/mol. The Bertz CT molecular complexity index is 462. The van der Waals surface area contributed by atoms with E-state index in [2.05, 4.69) is 0 Å². The molecule has 2 rings (SSSR count). The summed E-state index contributed by atoms with van der Waals surface area (Å²) in [6.45, 7) is 2.51. The van der Waals surface area contributed by atoms with Crippen molar-refractivity contribution in [2.24, 2.45) is 5.41 Å².